The molecule has 90 valence electrons. The van der Waals surface area contributed by atoms with E-state index in [2.05, 4.69) is 13.0 Å². The molecule has 0 aromatic heterocycles. The zero-order valence-corrected chi connectivity index (χ0v) is 10.8. The van der Waals surface area contributed by atoms with Crippen molar-refractivity contribution in [3.8, 4) is 11.8 Å². The second kappa shape index (κ2) is 5.44. The van der Waals surface area contributed by atoms with Gasteiger partial charge in [0.05, 0.1) is 18.8 Å². The summed E-state index contributed by atoms with van der Waals surface area (Å²) in [6.45, 7) is 2.89. The van der Waals surface area contributed by atoms with Gasteiger partial charge in [0, 0.05) is 16.8 Å². The van der Waals surface area contributed by atoms with Gasteiger partial charge in [-0.1, -0.05) is 0 Å². The van der Waals surface area contributed by atoms with Crippen LogP contribution >= 0.6 is 11.8 Å². The summed E-state index contributed by atoms with van der Waals surface area (Å²) in [7, 11) is 1.64. The van der Waals surface area contributed by atoms with Gasteiger partial charge >= 0.3 is 0 Å². The molecule has 1 aliphatic heterocycles. The van der Waals surface area contributed by atoms with Gasteiger partial charge in [-0.15, -0.1) is 11.8 Å². The maximum Gasteiger partial charge on any atom is 0.120 e. The first-order valence-corrected chi connectivity index (χ1v) is 6.49. The predicted octanol–water partition coefficient (Wildman–Crippen LogP) is 2.84. The van der Waals surface area contributed by atoms with E-state index in [4.69, 9.17) is 14.7 Å². The molecular formula is C13H15NO2S. The number of nitrogens with zero attached hydrogens (tertiary/aromatic N) is 1. The average molecular weight is 249 g/mol. The Balaban J connectivity index is 2.21. The molecule has 4 heteroatoms. The minimum Gasteiger partial charge on any atom is -0.497 e. The van der Waals surface area contributed by atoms with Gasteiger partial charge in [-0.25, -0.2) is 0 Å². The molecule has 2 unspecified atom stereocenters. The largest absolute Gasteiger partial charge is 0.497 e. The van der Waals surface area contributed by atoms with Crippen LogP contribution < -0.4 is 4.74 Å². The predicted molar refractivity (Wildman–Crippen MR) is 67.4 cm³/mol. The number of hydrogen-bond donors (Lipinski definition) is 0. The lowest BCUT2D eigenvalue weighted by molar-refractivity contribution is 0.127. The maximum atomic E-state index is 9.09. The standard InChI is InChI=1S/C13H15NO2S/c1-9-12(5-6-16-9)17-13-7-11(15-2)4-3-10(13)8-14/h3-4,7,9,12H,5-6H2,1-2H3. The van der Waals surface area contributed by atoms with Gasteiger partial charge in [0.2, 0.25) is 0 Å². The van der Waals surface area contributed by atoms with E-state index < -0.39 is 0 Å². The Bertz CT molecular complexity index is 442. The smallest absolute Gasteiger partial charge is 0.120 e. The minimum absolute atomic E-state index is 0.248. The Kier molecular flexibility index (Phi) is 3.93. The van der Waals surface area contributed by atoms with E-state index in [9.17, 15) is 0 Å². The Hall–Kier alpha value is -1.18. The van der Waals surface area contributed by atoms with Crippen molar-refractivity contribution < 1.29 is 9.47 Å². The second-order valence-corrected chi connectivity index (χ2v) is 5.28. The average Bonchev–Trinajstić information content (AvgIpc) is 2.75. The molecule has 2 rings (SSSR count). The monoisotopic (exact) mass is 249 g/mol. The van der Waals surface area contributed by atoms with E-state index in [-0.39, 0.29) is 6.10 Å². The van der Waals surface area contributed by atoms with E-state index in [1.165, 1.54) is 0 Å². The van der Waals surface area contributed by atoms with E-state index in [0.29, 0.717) is 10.8 Å². The van der Waals surface area contributed by atoms with E-state index in [1.807, 2.05) is 18.2 Å². The normalized spacial score (nSPS) is 23.4. The fraction of sp³-hybridized carbons (Fsp3) is 0.462. The first-order valence-electron chi connectivity index (χ1n) is 5.61. The molecule has 0 saturated carbocycles. The Labute approximate surface area is 106 Å². The zero-order chi connectivity index (χ0) is 12.3. The van der Waals surface area contributed by atoms with Crippen LogP contribution in [0.4, 0.5) is 0 Å². The summed E-state index contributed by atoms with van der Waals surface area (Å²) in [4.78, 5) is 0.981. The van der Waals surface area contributed by atoms with Gasteiger partial charge in [-0.05, 0) is 31.5 Å². The van der Waals surface area contributed by atoms with Crippen molar-refractivity contribution in [3.05, 3.63) is 23.8 Å². The number of rotatable bonds is 3. The van der Waals surface area contributed by atoms with Gasteiger partial charge in [0.25, 0.3) is 0 Å². The summed E-state index contributed by atoms with van der Waals surface area (Å²) in [6, 6.07) is 7.77. The number of nitriles is 1. The Morgan fingerprint density at radius 1 is 1.53 bits per heavy atom. The van der Waals surface area contributed by atoms with Crippen molar-refractivity contribution in [1.82, 2.24) is 0 Å². The minimum atomic E-state index is 0.248. The molecule has 3 nitrogen and oxygen atoms in total. The number of thioether (sulfide) groups is 1. The van der Waals surface area contributed by atoms with E-state index in [0.717, 1.165) is 23.7 Å². The molecule has 1 aromatic rings. The number of methoxy groups -OCH3 is 1. The summed E-state index contributed by atoms with van der Waals surface area (Å²) < 4.78 is 10.7. The first-order chi connectivity index (χ1) is 8.24. The van der Waals surface area contributed by atoms with Crippen LogP contribution in [0.15, 0.2) is 23.1 Å². The molecule has 0 spiro atoms. The molecule has 1 aliphatic rings. The molecule has 0 N–H and O–H groups in total. The topological polar surface area (TPSA) is 42.2 Å². The van der Waals surface area contributed by atoms with Crippen LogP contribution in [-0.2, 0) is 4.74 Å². The molecule has 0 aliphatic carbocycles. The van der Waals surface area contributed by atoms with Crippen molar-refractivity contribution in [2.75, 3.05) is 13.7 Å². The molecule has 0 bridgehead atoms. The molecule has 2 atom stereocenters. The van der Waals surface area contributed by atoms with Crippen LogP contribution in [0.25, 0.3) is 0 Å². The highest BCUT2D eigenvalue weighted by atomic mass is 32.2. The SMILES string of the molecule is COc1ccc(C#N)c(SC2CCOC2C)c1. The summed E-state index contributed by atoms with van der Waals surface area (Å²) in [5.74, 6) is 0.790. The van der Waals surface area contributed by atoms with Crippen molar-refractivity contribution in [2.24, 2.45) is 0 Å². The maximum absolute atomic E-state index is 9.09. The van der Waals surface area contributed by atoms with Crippen LogP contribution in [0.2, 0.25) is 0 Å². The molecule has 1 heterocycles. The highest BCUT2D eigenvalue weighted by Gasteiger charge is 2.26. The highest BCUT2D eigenvalue weighted by Crippen LogP contribution is 2.35. The zero-order valence-electron chi connectivity index (χ0n) is 9.97. The fourth-order valence-electron chi connectivity index (χ4n) is 1.85. The van der Waals surface area contributed by atoms with Gasteiger partial charge < -0.3 is 9.47 Å². The summed E-state index contributed by atoms with van der Waals surface area (Å²) >= 11 is 1.71. The Morgan fingerprint density at radius 3 is 2.94 bits per heavy atom. The van der Waals surface area contributed by atoms with Crippen LogP contribution in [0.3, 0.4) is 0 Å². The van der Waals surface area contributed by atoms with Crippen LogP contribution in [0.1, 0.15) is 18.9 Å². The highest BCUT2D eigenvalue weighted by molar-refractivity contribution is 8.00. The van der Waals surface area contributed by atoms with Gasteiger partial charge in [0.1, 0.15) is 11.8 Å². The van der Waals surface area contributed by atoms with Gasteiger partial charge in [-0.3, -0.25) is 0 Å². The van der Waals surface area contributed by atoms with Crippen molar-refractivity contribution >= 4 is 11.8 Å². The van der Waals surface area contributed by atoms with Crippen LogP contribution in [0.5, 0.6) is 5.75 Å². The van der Waals surface area contributed by atoms with E-state index in [1.54, 1.807) is 18.9 Å². The van der Waals surface area contributed by atoms with Crippen molar-refractivity contribution in [2.45, 2.75) is 29.6 Å². The third-order valence-corrected chi connectivity index (χ3v) is 4.41. The van der Waals surface area contributed by atoms with Gasteiger partial charge in [-0.2, -0.15) is 5.26 Å². The van der Waals surface area contributed by atoms with Crippen molar-refractivity contribution in [3.63, 3.8) is 0 Å². The third kappa shape index (κ3) is 2.74. The van der Waals surface area contributed by atoms with Crippen LogP contribution in [0, 0.1) is 11.3 Å². The molecule has 1 saturated heterocycles. The first kappa shape index (κ1) is 12.3. The van der Waals surface area contributed by atoms with Crippen LogP contribution in [-0.4, -0.2) is 25.1 Å². The summed E-state index contributed by atoms with van der Waals surface area (Å²) in [6.07, 6.45) is 1.28. The quantitative estimate of drug-likeness (QED) is 0.826. The molecule has 1 fully saturated rings. The fourth-order valence-corrected chi connectivity index (χ4v) is 3.08. The van der Waals surface area contributed by atoms with Crippen molar-refractivity contribution in [1.29, 1.82) is 5.26 Å². The number of ether oxygens (including phenoxy) is 2. The lowest BCUT2D eigenvalue weighted by Gasteiger charge is -2.14. The Morgan fingerprint density at radius 2 is 2.35 bits per heavy atom. The molecule has 0 radical (unpaired) electrons. The number of hydrogen-bond acceptors (Lipinski definition) is 4. The van der Waals surface area contributed by atoms with Gasteiger partial charge in [0.15, 0.2) is 0 Å². The molecular weight excluding hydrogens is 234 g/mol. The second-order valence-electron chi connectivity index (χ2n) is 3.99. The third-order valence-electron chi connectivity index (χ3n) is 2.89. The lowest BCUT2D eigenvalue weighted by Crippen LogP contribution is -2.13. The summed E-state index contributed by atoms with van der Waals surface area (Å²) in [5, 5.41) is 9.51. The molecule has 0 amide bonds. The number of benzene rings is 1. The molecule has 1 aromatic carbocycles. The van der Waals surface area contributed by atoms with E-state index >= 15 is 0 Å². The molecule has 17 heavy (non-hydrogen) atoms. The summed E-state index contributed by atoms with van der Waals surface area (Å²) in [5.41, 5.74) is 0.704. The lowest BCUT2D eigenvalue weighted by atomic mass is 10.2.